The van der Waals surface area contributed by atoms with Gasteiger partial charge in [-0.2, -0.15) is 0 Å². The van der Waals surface area contributed by atoms with Gasteiger partial charge in [0.15, 0.2) is 5.76 Å². The average molecular weight is 270 g/mol. The van der Waals surface area contributed by atoms with Gasteiger partial charge in [-0.05, 0) is 30.9 Å². The van der Waals surface area contributed by atoms with Crippen LogP contribution in [0.15, 0.2) is 34.9 Å². The van der Waals surface area contributed by atoms with Gasteiger partial charge in [0.1, 0.15) is 0 Å². The van der Waals surface area contributed by atoms with E-state index in [-0.39, 0.29) is 0 Å². The molecule has 0 unspecified atom stereocenters. The summed E-state index contributed by atoms with van der Waals surface area (Å²) in [5.74, 6) is 1.59. The van der Waals surface area contributed by atoms with Crippen LogP contribution in [0, 0.1) is 0 Å². The molecule has 1 fully saturated rings. The van der Waals surface area contributed by atoms with Gasteiger partial charge in [-0.25, -0.2) is 0 Å². The molecule has 3 rings (SSSR count). The highest BCUT2D eigenvalue weighted by atomic mass is 16.5. The molecule has 0 saturated heterocycles. The maximum atomic E-state index is 5.53. The maximum absolute atomic E-state index is 5.53. The van der Waals surface area contributed by atoms with E-state index in [0.717, 1.165) is 29.4 Å². The Kier molecular flexibility index (Phi) is 4.16. The van der Waals surface area contributed by atoms with Gasteiger partial charge in [0.05, 0.1) is 5.69 Å². The van der Waals surface area contributed by atoms with E-state index in [1.54, 1.807) is 0 Å². The van der Waals surface area contributed by atoms with Crippen LogP contribution < -0.4 is 5.73 Å². The summed E-state index contributed by atoms with van der Waals surface area (Å²) in [6.07, 6.45) is 7.58. The molecule has 1 aromatic heterocycles. The van der Waals surface area contributed by atoms with E-state index >= 15 is 0 Å². The van der Waals surface area contributed by atoms with Crippen molar-refractivity contribution in [3.63, 3.8) is 0 Å². The Labute approximate surface area is 120 Å². The fourth-order valence-corrected chi connectivity index (χ4v) is 3.07. The van der Waals surface area contributed by atoms with E-state index in [4.69, 9.17) is 10.3 Å². The number of benzene rings is 1. The van der Waals surface area contributed by atoms with Crippen molar-refractivity contribution < 1.29 is 4.52 Å². The first kappa shape index (κ1) is 13.4. The lowest BCUT2D eigenvalue weighted by atomic mass is 9.84. The van der Waals surface area contributed by atoms with Crippen LogP contribution in [-0.2, 0) is 6.42 Å². The Morgan fingerprint density at radius 3 is 2.55 bits per heavy atom. The summed E-state index contributed by atoms with van der Waals surface area (Å²) in [4.78, 5) is 0. The van der Waals surface area contributed by atoms with Crippen LogP contribution in [-0.4, -0.2) is 11.7 Å². The molecule has 0 radical (unpaired) electrons. The third kappa shape index (κ3) is 2.93. The van der Waals surface area contributed by atoms with Crippen LogP contribution in [0.1, 0.15) is 49.3 Å². The van der Waals surface area contributed by atoms with Crippen molar-refractivity contribution in [1.29, 1.82) is 0 Å². The molecule has 3 heteroatoms. The molecule has 1 aliphatic rings. The highest BCUT2D eigenvalue weighted by Crippen LogP contribution is 2.33. The number of nitrogens with zero attached hydrogens (tertiary/aromatic N) is 1. The van der Waals surface area contributed by atoms with Gasteiger partial charge in [-0.1, -0.05) is 48.7 Å². The molecular weight excluding hydrogens is 248 g/mol. The highest BCUT2D eigenvalue weighted by Gasteiger charge is 2.15. The standard InChI is InChI=1S/C17H22N2O/c18-11-10-16-12-17(20-19-16)15-8-6-14(7-9-15)13-4-2-1-3-5-13/h6-9,12-13H,1-5,10-11,18H2. The lowest BCUT2D eigenvalue weighted by Gasteiger charge is -2.21. The van der Waals surface area contributed by atoms with E-state index in [9.17, 15) is 0 Å². The highest BCUT2D eigenvalue weighted by molar-refractivity contribution is 5.58. The summed E-state index contributed by atoms with van der Waals surface area (Å²) in [5, 5.41) is 4.04. The van der Waals surface area contributed by atoms with Crippen molar-refractivity contribution >= 4 is 0 Å². The molecule has 2 N–H and O–H groups in total. The smallest absolute Gasteiger partial charge is 0.167 e. The molecule has 1 heterocycles. The minimum Gasteiger partial charge on any atom is -0.356 e. The third-order valence-electron chi connectivity index (χ3n) is 4.23. The topological polar surface area (TPSA) is 52.0 Å². The van der Waals surface area contributed by atoms with Crippen molar-refractivity contribution in [3.05, 3.63) is 41.6 Å². The quantitative estimate of drug-likeness (QED) is 0.917. The van der Waals surface area contributed by atoms with Gasteiger partial charge < -0.3 is 10.3 Å². The first-order chi connectivity index (χ1) is 9.86. The summed E-state index contributed by atoms with van der Waals surface area (Å²) in [7, 11) is 0. The summed E-state index contributed by atoms with van der Waals surface area (Å²) >= 11 is 0. The Balaban J connectivity index is 1.74. The summed E-state index contributed by atoms with van der Waals surface area (Å²) in [6.45, 7) is 0.604. The van der Waals surface area contributed by atoms with Crippen molar-refractivity contribution in [1.82, 2.24) is 5.16 Å². The monoisotopic (exact) mass is 270 g/mol. The molecule has 0 amide bonds. The molecule has 1 saturated carbocycles. The Bertz CT molecular complexity index is 538. The minimum absolute atomic E-state index is 0.604. The van der Waals surface area contributed by atoms with E-state index in [0.29, 0.717) is 6.54 Å². The number of hydrogen-bond acceptors (Lipinski definition) is 3. The Hall–Kier alpha value is -1.61. The average Bonchev–Trinajstić information content (AvgIpc) is 2.97. The van der Waals surface area contributed by atoms with Gasteiger partial charge in [-0.3, -0.25) is 0 Å². The van der Waals surface area contributed by atoms with Gasteiger partial charge in [0.25, 0.3) is 0 Å². The van der Waals surface area contributed by atoms with Crippen LogP contribution in [0.4, 0.5) is 0 Å². The third-order valence-corrected chi connectivity index (χ3v) is 4.23. The fourth-order valence-electron chi connectivity index (χ4n) is 3.07. The van der Waals surface area contributed by atoms with E-state index in [2.05, 4.69) is 29.4 Å². The van der Waals surface area contributed by atoms with Crippen LogP contribution in [0.5, 0.6) is 0 Å². The molecule has 0 aliphatic heterocycles. The number of rotatable bonds is 4. The molecule has 0 atom stereocenters. The lowest BCUT2D eigenvalue weighted by molar-refractivity contribution is 0.423. The number of nitrogens with two attached hydrogens (primary N) is 1. The SMILES string of the molecule is NCCc1cc(-c2ccc(C3CCCCC3)cc2)on1. The first-order valence-electron chi connectivity index (χ1n) is 7.63. The Morgan fingerprint density at radius 2 is 1.85 bits per heavy atom. The molecule has 20 heavy (non-hydrogen) atoms. The largest absolute Gasteiger partial charge is 0.356 e. The van der Waals surface area contributed by atoms with Gasteiger partial charge in [0.2, 0.25) is 0 Å². The van der Waals surface area contributed by atoms with Crippen LogP contribution in [0.25, 0.3) is 11.3 Å². The van der Waals surface area contributed by atoms with Gasteiger partial charge in [0, 0.05) is 18.1 Å². The summed E-state index contributed by atoms with van der Waals surface area (Å²) < 4.78 is 5.38. The van der Waals surface area contributed by atoms with Crippen LogP contribution >= 0.6 is 0 Å². The normalized spacial score (nSPS) is 16.4. The second-order valence-corrected chi connectivity index (χ2v) is 5.68. The molecule has 1 aliphatic carbocycles. The lowest BCUT2D eigenvalue weighted by Crippen LogP contribution is -2.04. The minimum atomic E-state index is 0.604. The van der Waals surface area contributed by atoms with Crippen molar-refractivity contribution in [2.24, 2.45) is 5.73 Å². The zero-order valence-electron chi connectivity index (χ0n) is 11.8. The maximum Gasteiger partial charge on any atom is 0.167 e. The predicted octanol–water partition coefficient (Wildman–Crippen LogP) is 3.89. The van der Waals surface area contributed by atoms with E-state index in [1.807, 2.05) is 6.07 Å². The molecule has 0 spiro atoms. The van der Waals surface area contributed by atoms with Crippen molar-refractivity contribution in [2.45, 2.75) is 44.4 Å². The van der Waals surface area contributed by atoms with Gasteiger partial charge in [-0.15, -0.1) is 0 Å². The van der Waals surface area contributed by atoms with E-state index in [1.165, 1.54) is 37.7 Å². The van der Waals surface area contributed by atoms with Crippen LogP contribution in [0.2, 0.25) is 0 Å². The van der Waals surface area contributed by atoms with Crippen LogP contribution in [0.3, 0.4) is 0 Å². The van der Waals surface area contributed by atoms with Crippen molar-refractivity contribution in [3.8, 4) is 11.3 Å². The second kappa shape index (κ2) is 6.23. The number of hydrogen-bond donors (Lipinski definition) is 1. The molecule has 106 valence electrons. The zero-order chi connectivity index (χ0) is 13.8. The summed E-state index contributed by atoms with van der Waals surface area (Å²) in [6, 6.07) is 10.8. The zero-order valence-corrected chi connectivity index (χ0v) is 11.8. The second-order valence-electron chi connectivity index (χ2n) is 5.68. The van der Waals surface area contributed by atoms with E-state index < -0.39 is 0 Å². The molecule has 1 aromatic carbocycles. The molecule has 3 nitrogen and oxygen atoms in total. The molecular formula is C17H22N2O. The molecule has 2 aromatic rings. The van der Waals surface area contributed by atoms with Crippen molar-refractivity contribution in [2.75, 3.05) is 6.54 Å². The van der Waals surface area contributed by atoms with Gasteiger partial charge >= 0.3 is 0 Å². The summed E-state index contributed by atoms with van der Waals surface area (Å²) in [5.41, 5.74) is 9.02. The number of aromatic nitrogens is 1. The predicted molar refractivity (Wildman–Crippen MR) is 80.5 cm³/mol. The first-order valence-corrected chi connectivity index (χ1v) is 7.63. The molecule has 0 bridgehead atoms. The fraction of sp³-hybridized carbons (Fsp3) is 0.471. The Morgan fingerprint density at radius 1 is 1.10 bits per heavy atom.